The van der Waals surface area contributed by atoms with E-state index in [9.17, 15) is 23.5 Å². The summed E-state index contributed by atoms with van der Waals surface area (Å²) in [7, 11) is 0. The summed E-state index contributed by atoms with van der Waals surface area (Å²) in [6, 6.07) is 9.95. The van der Waals surface area contributed by atoms with Crippen LogP contribution in [0.2, 0.25) is 0 Å². The summed E-state index contributed by atoms with van der Waals surface area (Å²) in [5, 5.41) is 12.0. The van der Waals surface area contributed by atoms with Crippen LogP contribution in [0.4, 0.5) is 8.78 Å². The first kappa shape index (κ1) is 21.5. The Morgan fingerprint density at radius 1 is 1.11 bits per heavy atom. The molecule has 28 heavy (non-hydrogen) atoms. The van der Waals surface area contributed by atoms with Crippen molar-refractivity contribution < 1.29 is 23.5 Å². The molecule has 2 atom stereocenters. The molecule has 0 saturated carbocycles. The van der Waals surface area contributed by atoms with Crippen molar-refractivity contribution in [2.75, 3.05) is 0 Å². The minimum Gasteiger partial charge on any atom is -0.480 e. The van der Waals surface area contributed by atoms with Crippen LogP contribution in [0.1, 0.15) is 30.9 Å². The van der Waals surface area contributed by atoms with E-state index in [0.29, 0.717) is 24.0 Å². The van der Waals surface area contributed by atoms with E-state index < -0.39 is 35.1 Å². The number of benzene rings is 2. The number of amides is 1. The molecule has 0 heterocycles. The van der Waals surface area contributed by atoms with Crippen LogP contribution in [0.15, 0.2) is 48.5 Å². The summed E-state index contributed by atoms with van der Waals surface area (Å²) < 4.78 is 26.5. The van der Waals surface area contributed by atoms with Crippen LogP contribution in [0.3, 0.4) is 0 Å². The van der Waals surface area contributed by atoms with Crippen molar-refractivity contribution in [3.63, 3.8) is 0 Å². The third kappa shape index (κ3) is 5.85. The number of hydrogen-bond acceptors (Lipinski definition) is 3. The van der Waals surface area contributed by atoms with Gasteiger partial charge in [-0.1, -0.05) is 37.6 Å². The lowest BCUT2D eigenvalue weighted by Crippen LogP contribution is -2.59. The van der Waals surface area contributed by atoms with E-state index in [1.165, 1.54) is 30.3 Å². The van der Waals surface area contributed by atoms with Gasteiger partial charge in [-0.05, 0) is 48.2 Å². The standard InChI is InChI=1S/C21H24F2N2O3/c1-2-10-21(24,13-14-6-8-16(22)9-7-14)20(28)25-18(19(26)27)12-15-4-3-5-17(23)11-15/h3-9,11,18H,2,10,12-13,24H2,1H3,(H,25,28)(H,26,27). The minimum absolute atomic E-state index is 0.0718. The van der Waals surface area contributed by atoms with E-state index in [0.717, 1.165) is 0 Å². The molecule has 1 amide bonds. The molecule has 0 radical (unpaired) electrons. The van der Waals surface area contributed by atoms with Gasteiger partial charge >= 0.3 is 5.97 Å². The Hall–Kier alpha value is -2.80. The maximum atomic E-state index is 13.4. The smallest absolute Gasteiger partial charge is 0.326 e. The highest BCUT2D eigenvalue weighted by Crippen LogP contribution is 2.19. The van der Waals surface area contributed by atoms with Gasteiger partial charge in [0.05, 0.1) is 5.54 Å². The first-order chi connectivity index (χ1) is 13.2. The second-order valence-corrected chi connectivity index (χ2v) is 6.91. The Kier molecular flexibility index (Phi) is 7.23. The predicted molar refractivity (Wildman–Crippen MR) is 102 cm³/mol. The Balaban J connectivity index is 2.17. The highest BCUT2D eigenvalue weighted by Gasteiger charge is 2.36. The molecule has 7 heteroatoms. The number of carboxylic acid groups (broad SMARTS) is 1. The average molecular weight is 390 g/mol. The monoisotopic (exact) mass is 390 g/mol. The van der Waals surface area contributed by atoms with Crippen molar-refractivity contribution in [3.05, 3.63) is 71.3 Å². The maximum absolute atomic E-state index is 13.4. The van der Waals surface area contributed by atoms with Gasteiger partial charge in [-0.3, -0.25) is 4.79 Å². The number of carbonyl (C=O) groups is 2. The van der Waals surface area contributed by atoms with E-state index in [1.54, 1.807) is 18.2 Å². The van der Waals surface area contributed by atoms with Crippen molar-refractivity contribution in [2.45, 2.75) is 44.2 Å². The van der Waals surface area contributed by atoms with Gasteiger partial charge in [-0.2, -0.15) is 0 Å². The second kappa shape index (κ2) is 9.41. The van der Waals surface area contributed by atoms with Gasteiger partial charge in [0, 0.05) is 6.42 Å². The quantitative estimate of drug-likeness (QED) is 0.614. The number of rotatable bonds is 9. The zero-order chi connectivity index (χ0) is 20.7. The molecule has 2 rings (SSSR count). The van der Waals surface area contributed by atoms with Crippen molar-refractivity contribution in [3.8, 4) is 0 Å². The van der Waals surface area contributed by atoms with Gasteiger partial charge in [-0.25, -0.2) is 13.6 Å². The number of halogens is 2. The third-order valence-electron chi connectivity index (χ3n) is 4.51. The fourth-order valence-corrected chi connectivity index (χ4v) is 3.10. The molecule has 4 N–H and O–H groups in total. The molecule has 0 fully saturated rings. The zero-order valence-electron chi connectivity index (χ0n) is 15.6. The molecule has 5 nitrogen and oxygen atoms in total. The van der Waals surface area contributed by atoms with Crippen LogP contribution in [0, 0.1) is 11.6 Å². The fourth-order valence-electron chi connectivity index (χ4n) is 3.10. The molecule has 0 spiro atoms. The lowest BCUT2D eigenvalue weighted by atomic mass is 9.86. The van der Waals surface area contributed by atoms with Crippen molar-refractivity contribution >= 4 is 11.9 Å². The molecule has 2 unspecified atom stereocenters. The number of nitrogens with one attached hydrogen (secondary N) is 1. The van der Waals surface area contributed by atoms with Crippen LogP contribution in [0.5, 0.6) is 0 Å². The molecular formula is C21H24F2N2O3. The molecule has 0 saturated heterocycles. The number of aliphatic carboxylic acids is 1. The molecule has 2 aromatic carbocycles. The molecule has 0 aliphatic rings. The van der Waals surface area contributed by atoms with Gasteiger partial charge in [0.25, 0.3) is 0 Å². The topological polar surface area (TPSA) is 92.4 Å². The van der Waals surface area contributed by atoms with Crippen molar-refractivity contribution in [2.24, 2.45) is 5.73 Å². The predicted octanol–water partition coefficient (Wildman–Crippen LogP) is 2.82. The molecular weight excluding hydrogens is 366 g/mol. The minimum atomic E-state index is -1.35. The van der Waals surface area contributed by atoms with Crippen LogP contribution >= 0.6 is 0 Å². The lowest BCUT2D eigenvalue weighted by molar-refractivity contribution is -0.142. The largest absolute Gasteiger partial charge is 0.480 e. The molecule has 0 aliphatic heterocycles. The van der Waals surface area contributed by atoms with E-state index in [1.807, 2.05) is 6.92 Å². The maximum Gasteiger partial charge on any atom is 0.326 e. The van der Waals surface area contributed by atoms with Gasteiger partial charge in [0.2, 0.25) is 5.91 Å². The highest BCUT2D eigenvalue weighted by atomic mass is 19.1. The van der Waals surface area contributed by atoms with Crippen LogP contribution in [-0.2, 0) is 22.4 Å². The Morgan fingerprint density at radius 3 is 2.36 bits per heavy atom. The van der Waals surface area contributed by atoms with Crippen LogP contribution in [0.25, 0.3) is 0 Å². The van der Waals surface area contributed by atoms with E-state index in [-0.39, 0.29) is 12.8 Å². The van der Waals surface area contributed by atoms with Gasteiger partial charge in [-0.15, -0.1) is 0 Å². The number of carboxylic acids is 1. The van der Waals surface area contributed by atoms with Gasteiger partial charge in [0.1, 0.15) is 17.7 Å². The summed E-state index contributed by atoms with van der Waals surface area (Å²) in [5.41, 5.74) is 6.10. The average Bonchev–Trinajstić information content (AvgIpc) is 2.63. The summed E-state index contributed by atoms with van der Waals surface area (Å²) >= 11 is 0. The van der Waals surface area contributed by atoms with E-state index in [2.05, 4.69) is 5.32 Å². The number of nitrogens with two attached hydrogens (primary N) is 1. The van der Waals surface area contributed by atoms with Crippen molar-refractivity contribution in [1.29, 1.82) is 0 Å². The molecule has 150 valence electrons. The van der Waals surface area contributed by atoms with E-state index in [4.69, 9.17) is 5.73 Å². The Morgan fingerprint density at radius 2 is 1.79 bits per heavy atom. The SMILES string of the molecule is CCCC(N)(Cc1ccc(F)cc1)C(=O)NC(Cc1cccc(F)c1)C(=O)O. The molecule has 0 aliphatic carbocycles. The fraction of sp³-hybridized carbons (Fsp3) is 0.333. The summed E-state index contributed by atoms with van der Waals surface area (Å²) in [6.45, 7) is 1.86. The zero-order valence-corrected chi connectivity index (χ0v) is 15.6. The highest BCUT2D eigenvalue weighted by molar-refractivity contribution is 5.90. The normalized spacial score (nSPS) is 14.1. The lowest BCUT2D eigenvalue weighted by Gasteiger charge is -2.30. The first-order valence-corrected chi connectivity index (χ1v) is 9.05. The first-order valence-electron chi connectivity index (χ1n) is 9.05. The van der Waals surface area contributed by atoms with Gasteiger partial charge in [0.15, 0.2) is 0 Å². The Bertz CT molecular complexity index is 827. The van der Waals surface area contributed by atoms with Crippen molar-refractivity contribution in [1.82, 2.24) is 5.32 Å². The number of hydrogen-bond donors (Lipinski definition) is 3. The third-order valence-corrected chi connectivity index (χ3v) is 4.51. The summed E-state index contributed by atoms with van der Waals surface area (Å²) in [5.74, 6) is -2.73. The summed E-state index contributed by atoms with van der Waals surface area (Å²) in [6.07, 6.45) is 0.992. The molecule has 0 aromatic heterocycles. The molecule has 2 aromatic rings. The van der Waals surface area contributed by atoms with Crippen LogP contribution in [-0.4, -0.2) is 28.6 Å². The van der Waals surface area contributed by atoms with E-state index >= 15 is 0 Å². The second-order valence-electron chi connectivity index (χ2n) is 6.91. The Labute approximate surface area is 162 Å². The van der Waals surface area contributed by atoms with Crippen LogP contribution < -0.4 is 11.1 Å². The number of carbonyl (C=O) groups excluding carboxylic acids is 1. The van der Waals surface area contributed by atoms with Gasteiger partial charge < -0.3 is 16.2 Å². The molecule has 0 bridgehead atoms. The summed E-state index contributed by atoms with van der Waals surface area (Å²) in [4.78, 5) is 24.5.